The summed E-state index contributed by atoms with van der Waals surface area (Å²) in [5.74, 6) is -2.39. The third kappa shape index (κ3) is 4.07. The van der Waals surface area contributed by atoms with Crippen LogP contribution in [0.1, 0.15) is 91.7 Å². The van der Waals surface area contributed by atoms with Gasteiger partial charge < -0.3 is 18.6 Å². The number of fused-ring (bicyclic) bond motifs is 5. The predicted octanol–water partition coefficient (Wildman–Crippen LogP) is 5.75. The average Bonchev–Trinajstić information content (AvgIpc) is 3.45. The first-order valence-corrected chi connectivity index (χ1v) is 14.6. The summed E-state index contributed by atoms with van der Waals surface area (Å²) in [6.45, 7) is 11.9. The zero-order valence-electron chi connectivity index (χ0n) is 24.7. The molecule has 0 amide bonds. The smallest absolute Gasteiger partial charge is 0.310 e. The summed E-state index contributed by atoms with van der Waals surface area (Å²) >= 11 is 0. The Balaban J connectivity index is 1.67. The number of allylic oxidation sites excluding steroid dienone is 1. The molecule has 40 heavy (non-hydrogen) atoms. The second-order valence-electron chi connectivity index (χ2n) is 13.4. The van der Waals surface area contributed by atoms with Crippen LogP contribution in [0, 0.1) is 39.9 Å². The Labute approximate surface area is 236 Å². The standard InChI is InChI=1S/C32H42O8/c1-8-17(2)29(36)40-28-20-13-19-21(32(6,26(20)35)23(30(28,3)4)15-24(33)37-7)9-11-31(5)22(19)14-25(34)39-27(31)18-10-12-38-16-18/h10,12,16-17,20-21,23,27-28H,8-9,11,13-15H2,1-7H3/t17-,20-,21+,23+,27+,28-,31-,32-/m1/s1. The molecule has 1 saturated heterocycles. The lowest BCUT2D eigenvalue weighted by Gasteiger charge is -2.63. The molecule has 0 aromatic carbocycles. The molecule has 2 saturated carbocycles. The highest BCUT2D eigenvalue weighted by atomic mass is 16.6. The van der Waals surface area contributed by atoms with Crippen LogP contribution >= 0.6 is 0 Å². The maximum Gasteiger partial charge on any atom is 0.310 e. The summed E-state index contributed by atoms with van der Waals surface area (Å²) in [5, 5.41) is 0. The van der Waals surface area contributed by atoms with Gasteiger partial charge in [-0.3, -0.25) is 19.2 Å². The van der Waals surface area contributed by atoms with Crippen molar-refractivity contribution in [2.24, 2.45) is 39.9 Å². The number of Topliss-reactive ketones (excluding diaryl/α,β-unsaturated/α-hetero) is 1. The molecule has 5 rings (SSSR count). The van der Waals surface area contributed by atoms with E-state index >= 15 is 0 Å². The van der Waals surface area contributed by atoms with Crippen LogP contribution in [0.25, 0.3) is 0 Å². The Bertz CT molecular complexity index is 1240. The fourth-order valence-corrected chi connectivity index (χ4v) is 8.60. The Kier molecular flexibility index (Phi) is 7.07. The minimum Gasteiger partial charge on any atom is -0.472 e. The van der Waals surface area contributed by atoms with Crippen LogP contribution in [0.2, 0.25) is 0 Å². The van der Waals surface area contributed by atoms with Crippen molar-refractivity contribution < 1.29 is 37.8 Å². The molecular formula is C32H42O8. The number of esters is 3. The van der Waals surface area contributed by atoms with E-state index < -0.39 is 40.3 Å². The van der Waals surface area contributed by atoms with Crippen molar-refractivity contribution in [2.75, 3.05) is 7.11 Å². The molecule has 0 radical (unpaired) electrons. The predicted molar refractivity (Wildman–Crippen MR) is 144 cm³/mol. The highest BCUT2D eigenvalue weighted by molar-refractivity contribution is 5.92. The summed E-state index contributed by atoms with van der Waals surface area (Å²) in [6.07, 6.45) is 4.74. The largest absolute Gasteiger partial charge is 0.472 e. The van der Waals surface area contributed by atoms with Crippen LogP contribution < -0.4 is 0 Å². The van der Waals surface area contributed by atoms with Crippen LogP contribution in [-0.4, -0.2) is 36.9 Å². The lowest BCUT2D eigenvalue weighted by Crippen LogP contribution is -2.66. The van der Waals surface area contributed by atoms with Gasteiger partial charge in [0.2, 0.25) is 0 Å². The quantitative estimate of drug-likeness (QED) is 0.248. The second-order valence-corrected chi connectivity index (χ2v) is 13.4. The number of rotatable bonds is 6. The van der Waals surface area contributed by atoms with Gasteiger partial charge in [0.05, 0.1) is 37.9 Å². The van der Waals surface area contributed by atoms with Gasteiger partial charge in [-0.15, -0.1) is 0 Å². The molecule has 1 aromatic rings. The van der Waals surface area contributed by atoms with Crippen LogP contribution in [0.5, 0.6) is 0 Å². The molecule has 8 heteroatoms. The van der Waals surface area contributed by atoms with Gasteiger partial charge in [0.25, 0.3) is 0 Å². The number of hydrogen-bond acceptors (Lipinski definition) is 8. The summed E-state index contributed by atoms with van der Waals surface area (Å²) < 4.78 is 22.6. The van der Waals surface area contributed by atoms with E-state index in [1.807, 2.05) is 40.7 Å². The molecule has 8 nitrogen and oxygen atoms in total. The van der Waals surface area contributed by atoms with E-state index in [-0.39, 0.29) is 48.4 Å². The van der Waals surface area contributed by atoms with Crippen molar-refractivity contribution in [3.05, 3.63) is 35.3 Å². The number of ether oxygens (including phenoxy) is 3. The number of carbonyl (C=O) groups excluding carboxylic acids is 4. The van der Waals surface area contributed by atoms with Gasteiger partial charge >= 0.3 is 17.9 Å². The third-order valence-corrected chi connectivity index (χ3v) is 11.1. The molecule has 0 spiro atoms. The van der Waals surface area contributed by atoms with E-state index in [0.717, 1.165) is 29.6 Å². The normalized spacial score (nSPS) is 37.1. The van der Waals surface area contributed by atoms with Gasteiger partial charge in [-0.05, 0) is 49.2 Å². The molecule has 2 heterocycles. The van der Waals surface area contributed by atoms with Gasteiger partial charge in [0, 0.05) is 28.2 Å². The van der Waals surface area contributed by atoms with E-state index in [2.05, 4.69) is 6.92 Å². The molecule has 3 aliphatic carbocycles. The Morgan fingerprint density at radius 1 is 1.18 bits per heavy atom. The molecule has 2 bridgehead atoms. The van der Waals surface area contributed by atoms with Crippen LogP contribution in [0.3, 0.4) is 0 Å². The monoisotopic (exact) mass is 554 g/mol. The first kappa shape index (κ1) is 28.6. The van der Waals surface area contributed by atoms with Crippen molar-refractivity contribution in [1.29, 1.82) is 0 Å². The second kappa shape index (κ2) is 9.88. The van der Waals surface area contributed by atoms with Crippen molar-refractivity contribution in [3.8, 4) is 0 Å². The van der Waals surface area contributed by atoms with E-state index in [4.69, 9.17) is 18.6 Å². The zero-order valence-corrected chi connectivity index (χ0v) is 24.7. The summed E-state index contributed by atoms with van der Waals surface area (Å²) in [6, 6.07) is 1.84. The maximum atomic E-state index is 14.5. The number of methoxy groups -OCH3 is 1. The van der Waals surface area contributed by atoms with Gasteiger partial charge in [-0.2, -0.15) is 0 Å². The van der Waals surface area contributed by atoms with Crippen molar-refractivity contribution in [3.63, 3.8) is 0 Å². The molecule has 3 fully saturated rings. The number of carbonyl (C=O) groups is 4. The van der Waals surface area contributed by atoms with Crippen LogP contribution in [-0.2, 0) is 33.4 Å². The highest BCUT2D eigenvalue weighted by Gasteiger charge is 2.68. The van der Waals surface area contributed by atoms with Crippen LogP contribution in [0.4, 0.5) is 0 Å². The Morgan fingerprint density at radius 3 is 2.52 bits per heavy atom. The zero-order chi connectivity index (χ0) is 29.2. The third-order valence-electron chi connectivity index (χ3n) is 11.1. The van der Waals surface area contributed by atoms with Gasteiger partial charge in [-0.1, -0.05) is 47.1 Å². The van der Waals surface area contributed by atoms with Gasteiger partial charge in [0.1, 0.15) is 18.0 Å². The molecule has 8 atom stereocenters. The Morgan fingerprint density at radius 2 is 1.90 bits per heavy atom. The highest BCUT2D eigenvalue weighted by Crippen LogP contribution is 2.68. The van der Waals surface area contributed by atoms with E-state index in [9.17, 15) is 19.2 Å². The summed E-state index contributed by atoms with van der Waals surface area (Å²) in [5.41, 5.74) is 0.947. The fourth-order valence-electron chi connectivity index (χ4n) is 8.60. The van der Waals surface area contributed by atoms with E-state index in [1.165, 1.54) is 7.11 Å². The first-order chi connectivity index (χ1) is 18.8. The topological polar surface area (TPSA) is 109 Å². The van der Waals surface area contributed by atoms with E-state index in [0.29, 0.717) is 12.8 Å². The average molecular weight is 555 g/mol. The molecule has 4 aliphatic rings. The lowest BCUT2D eigenvalue weighted by atomic mass is 9.40. The summed E-state index contributed by atoms with van der Waals surface area (Å²) in [7, 11) is 1.36. The number of cyclic esters (lactones) is 1. The number of ketones is 1. The van der Waals surface area contributed by atoms with Gasteiger partial charge in [-0.25, -0.2) is 0 Å². The molecule has 1 aromatic heterocycles. The van der Waals surface area contributed by atoms with Gasteiger partial charge in [0.15, 0.2) is 0 Å². The number of furan rings is 1. The van der Waals surface area contributed by atoms with Crippen molar-refractivity contribution in [1.82, 2.24) is 0 Å². The first-order valence-electron chi connectivity index (χ1n) is 14.6. The summed E-state index contributed by atoms with van der Waals surface area (Å²) in [4.78, 5) is 53.4. The molecule has 0 N–H and O–H groups in total. The lowest BCUT2D eigenvalue weighted by molar-refractivity contribution is -0.200. The van der Waals surface area contributed by atoms with Crippen LogP contribution in [0.15, 0.2) is 34.2 Å². The molecule has 0 unspecified atom stereocenters. The number of hydrogen-bond donors (Lipinski definition) is 0. The molecule has 218 valence electrons. The SMILES string of the molecule is CC[C@@H](C)C(=O)O[C@@H]1[C@@H]2CC3=C4CC(=O)O[C@@H](c5ccoc5)[C@]4(C)CC[C@@H]3[C@@](C)(C2=O)[C@@H](CC(=O)OC)C1(C)C. The maximum absolute atomic E-state index is 14.5. The Hall–Kier alpha value is -2.90. The van der Waals surface area contributed by atoms with E-state index in [1.54, 1.807) is 12.5 Å². The minimum absolute atomic E-state index is 0.0467. The van der Waals surface area contributed by atoms with Crippen molar-refractivity contribution >= 4 is 23.7 Å². The van der Waals surface area contributed by atoms with Crippen molar-refractivity contribution in [2.45, 2.75) is 92.3 Å². The fraction of sp³-hybridized carbons (Fsp3) is 0.688. The molecular weight excluding hydrogens is 512 g/mol. The molecule has 1 aliphatic heterocycles. The minimum atomic E-state index is -0.879.